The number of carboxylic acids is 1. The molecule has 0 aromatic rings. The topological polar surface area (TPSA) is 66.4 Å². The number of carboxylic acid groups (broad SMARTS) is 1. The molecule has 1 rings (SSSR count). The van der Waals surface area contributed by atoms with E-state index >= 15 is 0 Å². The number of carbonyl (C=O) groups is 2. The number of aliphatic carboxylic acids is 1. The summed E-state index contributed by atoms with van der Waals surface area (Å²) in [6.07, 6.45) is 0.178. The summed E-state index contributed by atoms with van der Waals surface area (Å²) >= 11 is 0. The van der Waals surface area contributed by atoms with Gasteiger partial charge in [0.15, 0.2) is 0 Å². The van der Waals surface area contributed by atoms with Gasteiger partial charge in [-0.25, -0.2) is 0 Å². The summed E-state index contributed by atoms with van der Waals surface area (Å²) in [5, 5.41) is 11.0. The van der Waals surface area contributed by atoms with Crippen LogP contribution in [0.15, 0.2) is 0 Å². The Hall–Kier alpha value is -1.13. The molecule has 2 unspecified atom stereocenters. The van der Waals surface area contributed by atoms with E-state index in [1.54, 1.807) is 0 Å². The molecule has 0 bridgehead atoms. The molecular weight excluding hydrogens is 165 g/mol. The third-order valence-electron chi connectivity index (χ3n) is 1.97. The Morgan fingerprint density at radius 1 is 1.83 bits per heavy atom. The molecule has 0 aliphatic carbocycles. The largest absolute Gasteiger partial charge is 0.481 e. The quantitative estimate of drug-likeness (QED) is 0.588. The first-order valence-electron chi connectivity index (χ1n) is 3.73. The summed E-state index contributed by atoms with van der Waals surface area (Å²) in [6.45, 7) is -0.663. The van der Waals surface area contributed by atoms with Crippen LogP contribution in [0.5, 0.6) is 0 Å². The third-order valence-corrected chi connectivity index (χ3v) is 1.97. The summed E-state index contributed by atoms with van der Waals surface area (Å²) < 4.78 is 11.8. The molecule has 68 valence electrons. The molecule has 0 radical (unpaired) electrons. The van der Waals surface area contributed by atoms with Crippen LogP contribution in [0.3, 0.4) is 0 Å². The fourth-order valence-electron chi connectivity index (χ4n) is 1.24. The number of hydrogen-bond donors (Lipinski definition) is 2. The average Bonchev–Trinajstić information content (AvgIpc) is 1.94. The number of β-lactam (4-membered cyclic amide) rings is 1. The lowest BCUT2D eigenvalue weighted by Crippen LogP contribution is -2.54. The van der Waals surface area contributed by atoms with Crippen molar-refractivity contribution in [3.05, 3.63) is 0 Å². The highest BCUT2D eigenvalue weighted by molar-refractivity contribution is 5.85. The Labute approximate surface area is 68.8 Å². The fourth-order valence-corrected chi connectivity index (χ4v) is 1.24. The molecule has 1 amide bonds. The minimum absolute atomic E-state index is 0.0275. The molecule has 0 aromatic carbocycles. The van der Waals surface area contributed by atoms with Crippen LogP contribution in [0.1, 0.15) is 12.8 Å². The van der Waals surface area contributed by atoms with E-state index < -0.39 is 18.6 Å². The van der Waals surface area contributed by atoms with Crippen LogP contribution < -0.4 is 5.32 Å². The smallest absolute Gasteiger partial charge is 0.308 e. The number of amides is 1. The van der Waals surface area contributed by atoms with Gasteiger partial charge in [-0.1, -0.05) is 0 Å². The van der Waals surface area contributed by atoms with E-state index in [1.165, 1.54) is 0 Å². The molecule has 2 N–H and O–H groups in total. The molecule has 1 fully saturated rings. The van der Waals surface area contributed by atoms with Gasteiger partial charge in [-0.15, -0.1) is 0 Å². The predicted octanol–water partition coefficient (Wildman–Crippen LogP) is -0.0647. The summed E-state index contributed by atoms with van der Waals surface area (Å²) in [5.74, 6) is -1.98. The molecule has 4 nitrogen and oxygen atoms in total. The Morgan fingerprint density at radius 2 is 2.42 bits per heavy atom. The first-order chi connectivity index (χ1) is 5.65. The average molecular weight is 175 g/mol. The minimum atomic E-state index is -1.04. The van der Waals surface area contributed by atoms with Crippen molar-refractivity contribution in [2.45, 2.75) is 18.9 Å². The van der Waals surface area contributed by atoms with E-state index in [0.29, 0.717) is 0 Å². The van der Waals surface area contributed by atoms with Crippen LogP contribution >= 0.6 is 0 Å². The second kappa shape index (κ2) is 3.51. The van der Waals surface area contributed by atoms with Gasteiger partial charge in [0, 0.05) is 6.42 Å². The Balaban J connectivity index is 2.43. The van der Waals surface area contributed by atoms with Gasteiger partial charge in [0.05, 0.1) is 18.6 Å². The van der Waals surface area contributed by atoms with Crippen molar-refractivity contribution in [3.8, 4) is 0 Å². The Kier molecular flexibility index (Phi) is 2.62. The van der Waals surface area contributed by atoms with Crippen molar-refractivity contribution in [2.75, 3.05) is 6.67 Å². The molecule has 0 spiro atoms. The molecule has 5 heteroatoms. The van der Waals surface area contributed by atoms with Gasteiger partial charge < -0.3 is 10.4 Å². The first-order valence-corrected chi connectivity index (χ1v) is 3.73. The molecular formula is C7H10FNO3. The standard InChI is InChI=1S/C7H10FNO3/c8-2-1-4(7(11)12)5-3-6(10)9-5/h4-5H,1-3H2,(H,9,10)(H,11,12). The van der Waals surface area contributed by atoms with Crippen LogP contribution in [0.2, 0.25) is 0 Å². The Morgan fingerprint density at radius 3 is 2.75 bits per heavy atom. The first kappa shape index (κ1) is 8.96. The maximum absolute atomic E-state index is 11.8. The van der Waals surface area contributed by atoms with E-state index in [-0.39, 0.29) is 24.8 Å². The highest BCUT2D eigenvalue weighted by atomic mass is 19.1. The van der Waals surface area contributed by atoms with Crippen molar-refractivity contribution >= 4 is 11.9 Å². The third kappa shape index (κ3) is 1.72. The number of halogens is 1. The van der Waals surface area contributed by atoms with E-state index in [1.807, 2.05) is 0 Å². The zero-order valence-electron chi connectivity index (χ0n) is 6.42. The highest BCUT2D eigenvalue weighted by Crippen LogP contribution is 2.18. The second-order valence-corrected chi connectivity index (χ2v) is 2.80. The molecule has 1 aliphatic heterocycles. The van der Waals surface area contributed by atoms with Crippen LogP contribution in [0.4, 0.5) is 4.39 Å². The van der Waals surface area contributed by atoms with Gasteiger partial charge in [0.25, 0.3) is 0 Å². The summed E-state index contributed by atoms with van der Waals surface area (Å²) in [4.78, 5) is 21.0. The van der Waals surface area contributed by atoms with Crippen LogP contribution in [-0.2, 0) is 9.59 Å². The fraction of sp³-hybridized carbons (Fsp3) is 0.714. The molecule has 0 saturated carbocycles. The number of rotatable bonds is 4. The lowest BCUT2D eigenvalue weighted by molar-refractivity contribution is -0.146. The van der Waals surface area contributed by atoms with Crippen LogP contribution in [0.25, 0.3) is 0 Å². The summed E-state index contributed by atoms with van der Waals surface area (Å²) in [5.41, 5.74) is 0. The number of carbonyl (C=O) groups excluding carboxylic acids is 1. The second-order valence-electron chi connectivity index (χ2n) is 2.80. The maximum Gasteiger partial charge on any atom is 0.308 e. The lowest BCUT2D eigenvalue weighted by atomic mass is 9.89. The lowest BCUT2D eigenvalue weighted by Gasteiger charge is -2.31. The summed E-state index contributed by atoms with van der Waals surface area (Å²) in [6, 6.07) is -0.370. The van der Waals surface area contributed by atoms with Crippen LogP contribution in [0, 0.1) is 5.92 Å². The van der Waals surface area contributed by atoms with Crippen molar-refractivity contribution in [2.24, 2.45) is 5.92 Å². The van der Waals surface area contributed by atoms with Crippen molar-refractivity contribution < 1.29 is 19.1 Å². The molecule has 1 saturated heterocycles. The maximum atomic E-state index is 11.8. The highest BCUT2D eigenvalue weighted by Gasteiger charge is 2.36. The van der Waals surface area contributed by atoms with Gasteiger partial charge >= 0.3 is 5.97 Å². The van der Waals surface area contributed by atoms with Gasteiger partial charge in [0.1, 0.15) is 0 Å². The minimum Gasteiger partial charge on any atom is -0.481 e. The summed E-state index contributed by atoms with van der Waals surface area (Å²) in [7, 11) is 0. The van der Waals surface area contributed by atoms with Crippen LogP contribution in [-0.4, -0.2) is 29.7 Å². The van der Waals surface area contributed by atoms with E-state index in [0.717, 1.165) is 0 Å². The van der Waals surface area contributed by atoms with E-state index in [4.69, 9.17) is 5.11 Å². The van der Waals surface area contributed by atoms with Gasteiger partial charge in [-0.2, -0.15) is 0 Å². The molecule has 0 aromatic heterocycles. The van der Waals surface area contributed by atoms with Gasteiger partial charge in [-0.05, 0) is 6.42 Å². The number of nitrogens with one attached hydrogen (secondary N) is 1. The number of hydrogen-bond acceptors (Lipinski definition) is 2. The normalized spacial score (nSPS) is 24.1. The van der Waals surface area contributed by atoms with Crippen molar-refractivity contribution in [1.29, 1.82) is 0 Å². The van der Waals surface area contributed by atoms with Crippen molar-refractivity contribution in [1.82, 2.24) is 5.32 Å². The zero-order chi connectivity index (χ0) is 9.14. The monoisotopic (exact) mass is 175 g/mol. The van der Waals surface area contributed by atoms with E-state index in [2.05, 4.69) is 5.32 Å². The Bertz CT molecular complexity index is 199. The molecule has 2 atom stereocenters. The van der Waals surface area contributed by atoms with Gasteiger partial charge in [0.2, 0.25) is 5.91 Å². The molecule has 12 heavy (non-hydrogen) atoms. The molecule has 1 aliphatic rings. The number of alkyl halides is 1. The van der Waals surface area contributed by atoms with E-state index in [9.17, 15) is 14.0 Å². The SMILES string of the molecule is O=C1CC(C(CCF)C(=O)O)N1. The molecule has 1 heterocycles. The van der Waals surface area contributed by atoms with Crippen molar-refractivity contribution in [3.63, 3.8) is 0 Å². The van der Waals surface area contributed by atoms with Gasteiger partial charge in [-0.3, -0.25) is 14.0 Å². The predicted molar refractivity (Wildman–Crippen MR) is 38.3 cm³/mol. The zero-order valence-corrected chi connectivity index (χ0v) is 6.42.